The highest BCUT2D eigenvalue weighted by atomic mass is 127. The normalized spacial score (nSPS) is 15.8. The molecule has 170 valence electrons. The molecule has 1 amide bonds. The first-order chi connectivity index (χ1) is 14.1. The van der Waals surface area contributed by atoms with Crippen LogP contribution in [-0.2, 0) is 6.42 Å². The minimum atomic E-state index is -0.0502. The SMILES string of the molecule is CCNC(=NCCCN1CCCN(C)CC1)NCCc1cccc(C(=O)NC)c1.I. The molecule has 2 rings (SSSR count). The Labute approximate surface area is 199 Å². The van der Waals surface area contributed by atoms with Gasteiger partial charge in [-0.1, -0.05) is 12.1 Å². The second-order valence-corrected chi connectivity index (χ2v) is 7.57. The summed E-state index contributed by atoms with van der Waals surface area (Å²) in [6, 6.07) is 7.77. The van der Waals surface area contributed by atoms with Crippen LogP contribution in [0.15, 0.2) is 29.3 Å². The number of guanidine groups is 1. The van der Waals surface area contributed by atoms with E-state index in [0.717, 1.165) is 63.6 Å². The van der Waals surface area contributed by atoms with Crippen LogP contribution in [0.5, 0.6) is 0 Å². The summed E-state index contributed by atoms with van der Waals surface area (Å²) in [5, 5.41) is 9.39. The Balaban J connectivity index is 0.00000450. The first kappa shape index (κ1) is 26.6. The molecule has 0 radical (unpaired) electrons. The van der Waals surface area contributed by atoms with E-state index in [9.17, 15) is 4.79 Å². The van der Waals surface area contributed by atoms with Crippen LogP contribution in [0.2, 0.25) is 0 Å². The summed E-state index contributed by atoms with van der Waals surface area (Å²) in [6.07, 6.45) is 3.18. The molecule has 1 aromatic rings. The number of carbonyl (C=O) groups is 1. The van der Waals surface area contributed by atoms with E-state index in [1.807, 2.05) is 18.2 Å². The highest BCUT2D eigenvalue weighted by molar-refractivity contribution is 14.0. The van der Waals surface area contributed by atoms with Crippen LogP contribution in [-0.4, -0.2) is 88.1 Å². The van der Waals surface area contributed by atoms with E-state index in [1.165, 1.54) is 19.5 Å². The zero-order valence-electron chi connectivity index (χ0n) is 18.7. The van der Waals surface area contributed by atoms with Crippen molar-refractivity contribution in [3.63, 3.8) is 0 Å². The number of carbonyl (C=O) groups excluding carboxylic acids is 1. The number of benzene rings is 1. The lowest BCUT2D eigenvalue weighted by Crippen LogP contribution is -2.38. The number of rotatable bonds is 9. The summed E-state index contributed by atoms with van der Waals surface area (Å²) in [5.74, 6) is 0.816. The van der Waals surface area contributed by atoms with E-state index >= 15 is 0 Å². The van der Waals surface area contributed by atoms with E-state index in [1.54, 1.807) is 7.05 Å². The summed E-state index contributed by atoms with van der Waals surface area (Å²) < 4.78 is 0. The van der Waals surface area contributed by atoms with Crippen molar-refractivity contribution in [2.45, 2.75) is 26.2 Å². The number of nitrogens with zero attached hydrogens (tertiary/aromatic N) is 3. The lowest BCUT2D eigenvalue weighted by atomic mass is 10.1. The molecular formula is C22H39IN6O. The summed E-state index contributed by atoms with van der Waals surface area (Å²) in [4.78, 5) is 21.5. The third kappa shape index (κ3) is 10.1. The van der Waals surface area contributed by atoms with Crippen LogP contribution >= 0.6 is 24.0 Å². The van der Waals surface area contributed by atoms with Gasteiger partial charge < -0.3 is 25.8 Å². The summed E-state index contributed by atoms with van der Waals surface area (Å²) in [6.45, 7) is 10.4. The van der Waals surface area contributed by atoms with Gasteiger partial charge in [0, 0.05) is 45.3 Å². The van der Waals surface area contributed by atoms with Gasteiger partial charge in [-0.15, -0.1) is 24.0 Å². The lowest BCUT2D eigenvalue weighted by molar-refractivity contribution is 0.0963. The second-order valence-electron chi connectivity index (χ2n) is 7.57. The number of hydrogen-bond donors (Lipinski definition) is 3. The maximum Gasteiger partial charge on any atom is 0.251 e. The van der Waals surface area contributed by atoms with Crippen LogP contribution in [0.1, 0.15) is 35.7 Å². The molecule has 0 aliphatic carbocycles. The Hall–Kier alpha value is -1.39. The Morgan fingerprint density at radius 3 is 2.77 bits per heavy atom. The van der Waals surface area contributed by atoms with Gasteiger partial charge in [0.2, 0.25) is 0 Å². The van der Waals surface area contributed by atoms with Gasteiger partial charge in [0.05, 0.1) is 0 Å². The monoisotopic (exact) mass is 530 g/mol. The van der Waals surface area contributed by atoms with Crippen molar-refractivity contribution in [3.05, 3.63) is 35.4 Å². The van der Waals surface area contributed by atoms with Gasteiger partial charge in [-0.2, -0.15) is 0 Å². The van der Waals surface area contributed by atoms with Gasteiger partial charge in [0.15, 0.2) is 5.96 Å². The quantitative estimate of drug-likeness (QED) is 0.197. The fraction of sp³-hybridized carbons (Fsp3) is 0.636. The van der Waals surface area contributed by atoms with E-state index in [-0.39, 0.29) is 29.9 Å². The van der Waals surface area contributed by atoms with Crippen LogP contribution in [0.25, 0.3) is 0 Å². The minimum absolute atomic E-state index is 0. The van der Waals surface area contributed by atoms with Crippen LogP contribution in [0.3, 0.4) is 0 Å². The van der Waals surface area contributed by atoms with Crippen molar-refractivity contribution in [2.24, 2.45) is 4.99 Å². The van der Waals surface area contributed by atoms with Crippen LogP contribution < -0.4 is 16.0 Å². The molecule has 0 aromatic heterocycles. The smallest absolute Gasteiger partial charge is 0.251 e. The predicted octanol–water partition coefficient (Wildman–Crippen LogP) is 1.79. The van der Waals surface area contributed by atoms with Crippen molar-refractivity contribution in [2.75, 3.05) is 66.5 Å². The number of nitrogens with one attached hydrogen (secondary N) is 3. The zero-order chi connectivity index (χ0) is 20.9. The third-order valence-corrected chi connectivity index (χ3v) is 5.18. The molecule has 8 heteroatoms. The van der Waals surface area contributed by atoms with Crippen LogP contribution in [0.4, 0.5) is 0 Å². The number of hydrogen-bond acceptors (Lipinski definition) is 4. The van der Waals surface area contributed by atoms with Crippen molar-refractivity contribution >= 4 is 35.8 Å². The fourth-order valence-corrected chi connectivity index (χ4v) is 3.49. The molecule has 7 nitrogen and oxygen atoms in total. The molecule has 1 saturated heterocycles. The number of aliphatic imine (C=N–C) groups is 1. The predicted molar refractivity (Wildman–Crippen MR) is 136 cm³/mol. The topological polar surface area (TPSA) is 72.0 Å². The molecule has 3 N–H and O–H groups in total. The Kier molecular flexibility index (Phi) is 13.7. The van der Waals surface area contributed by atoms with E-state index < -0.39 is 0 Å². The van der Waals surface area contributed by atoms with Crippen molar-refractivity contribution in [3.8, 4) is 0 Å². The maximum absolute atomic E-state index is 11.8. The van der Waals surface area contributed by atoms with E-state index in [2.05, 4.69) is 45.8 Å². The molecule has 0 spiro atoms. The average Bonchev–Trinajstić information content (AvgIpc) is 2.94. The zero-order valence-corrected chi connectivity index (χ0v) is 21.1. The van der Waals surface area contributed by atoms with E-state index in [0.29, 0.717) is 5.56 Å². The molecule has 1 heterocycles. The number of amides is 1. The molecule has 0 saturated carbocycles. The lowest BCUT2D eigenvalue weighted by Gasteiger charge is -2.19. The van der Waals surface area contributed by atoms with Crippen LogP contribution in [0, 0.1) is 0 Å². The molecule has 0 atom stereocenters. The largest absolute Gasteiger partial charge is 0.357 e. The molecule has 0 bridgehead atoms. The highest BCUT2D eigenvalue weighted by Gasteiger charge is 2.11. The second kappa shape index (κ2) is 15.4. The Bertz CT molecular complexity index is 654. The fourth-order valence-electron chi connectivity index (χ4n) is 3.49. The third-order valence-electron chi connectivity index (χ3n) is 5.18. The standard InChI is InChI=1S/C22H38N6O.HI/c1-4-24-22(25-11-6-14-28-15-7-13-27(3)16-17-28)26-12-10-19-8-5-9-20(18-19)21(29)23-2;/h5,8-9,18H,4,6-7,10-17H2,1-3H3,(H,23,29)(H2,24,25,26);1H. The molecule has 1 aromatic carbocycles. The Morgan fingerprint density at radius 2 is 2.00 bits per heavy atom. The average molecular weight is 530 g/mol. The van der Waals surface area contributed by atoms with Gasteiger partial charge >= 0.3 is 0 Å². The number of likely N-dealkylation sites (N-methyl/N-ethyl adjacent to an activating group) is 1. The molecule has 0 unspecified atom stereocenters. The Morgan fingerprint density at radius 1 is 1.17 bits per heavy atom. The van der Waals surface area contributed by atoms with Crippen molar-refractivity contribution in [1.29, 1.82) is 0 Å². The van der Waals surface area contributed by atoms with Gasteiger partial charge in [-0.25, -0.2) is 0 Å². The minimum Gasteiger partial charge on any atom is -0.357 e. The summed E-state index contributed by atoms with van der Waals surface area (Å²) in [7, 11) is 3.86. The maximum atomic E-state index is 11.8. The number of halogens is 1. The molecule has 1 aliphatic heterocycles. The summed E-state index contributed by atoms with van der Waals surface area (Å²) in [5.41, 5.74) is 1.84. The van der Waals surface area contributed by atoms with Gasteiger partial charge in [0.25, 0.3) is 5.91 Å². The first-order valence-corrected chi connectivity index (χ1v) is 10.9. The van der Waals surface area contributed by atoms with Gasteiger partial charge in [0.1, 0.15) is 0 Å². The van der Waals surface area contributed by atoms with Crippen molar-refractivity contribution in [1.82, 2.24) is 25.8 Å². The van der Waals surface area contributed by atoms with Gasteiger partial charge in [-0.3, -0.25) is 9.79 Å². The highest BCUT2D eigenvalue weighted by Crippen LogP contribution is 2.06. The van der Waals surface area contributed by atoms with Crippen molar-refractivity contribution < 1.29 is 4.79 Å². The van der Waals surface area contributed by atoms with E-state index in [4.69, 9.17) is 4.99 Å². The molecule has 1 fully saturated rings. The summed E-state index contributed by atoms with van der Waals surface area (Å²) >= 11 is 0. The molecule has 30 heavy (non-hydrogen) atoms. The first-order valence-electron chi connectivity index (χ1n) is 10.9. The molecule has 1 aliphatic rings. The molecular weight excluding hydrogens is 491 g/mol. The van der Waals surface area contributed by atoms with Gasteiger partial charge in [-0.05, 0) is 70.6 Å².